The second-order valence-corrected chi connectivity index (χ2v) is 7.73. The van der Waals surface area contributed by atoms with Gasteiger partial charge in [-0.05, 0) is 67.6 Å². The fourth-order valence-electron chi connectivity index (χ4n) is 3.67. The molecule has 1 atom stereocenters. The lowest BCUT2D eigenvalue weighted by atomic mass is 9.80. The van der Waals surface area contributed by atoms with Gasteiger partial charge in [0, 0.05) is 23.8 Å². The van der Waals surface area contributed by atoms with Gasteiger partial charge in [0.15, 0.2) is 0 Å². The summed E-state index contributed by atoms with van der Waals surface area (Å²) in [6.07, 6.45) is 2.79. The first-order valence-electron chi connectivity index (χ1n) is 9.17. The molecule has 1 aliphatic rings. The minimum Gasteiger partial charge on any atom is -0.497 e. The van der Waals surface area contributed by atoms with Crippen LogP contribution in [-0.2, 0) is 0 Å². The molecule has 0 bridgehead atoms. The molecule has 0 aromatic heterocycles. The van der Waals surface area contributed by atoms with E-state index in [0.29, 0.717) is 17.2 Å². The maximum atomic E-state index is 12.2. The average Bonchev–Trinajstić information content (AvgIpc) is 2.66. The Balaban J connectivity index is 1.73. The molecule has 1 N–H and O–H groups in total. The van der Waals surface area contributed by atoms with E-state index in [0.717, 1.165) is 12.0 Å². The van der Waals surface area contributed by atoms with Gasteiger partial charge in [-0.2, -0.15) is 5.10 Å². The summed E-state index contributed by atoms with van der Waals surface area (Å²) >= 11 is 0. The molecule has 2 aromatic rings. The number of rotatable bonds is 4. The molecule has 1 aliphatic heterocycles. The largest absolute Gasteiger partial charge is 0.497 e. The standard InChI is InChI=1S/C22H27N3O2/c1-15-13-22(2,3)25(4)20-10-9-16(11-19(15)20)14-23-24-21(26)17-7-6-8-18(12-17)27-5/h6-12,14-15H,13H2,1-5H3,(H,24,26)/b23-14-/t15-/m1/s1. The molecule has 0 fully saturated rings. The topological polar surface area (TPSA) is 53.9 Å². The van der Waals surface area contributed by atoms with E-state index in [4.69, 9.17) is 4.74 Å². The van der Waals surface area contributed by atoms with Crippen LogP contribution in [0, 0.1) is 0 Å². The number of hydrogen-bond acceptors (Lipinski definition) is 4. The number of fused-ring (bicyclic) bond motifs is 1. The van der Waals surface area contributed by atoms with E-state index in [-0.39, 0.29) is 11.4 Å². The van der Waals surface area contributed by atoms with Crippen molar-refractivity contribution in [1.29, 1.82) is 0 Å². The zero-order valence-electron chi connectivity index (χ0n) is 16.6. The number of methoxy groups -OCH3 is 1. The second-order valence-electron chi connectivity index (χ2n) is 7.73. The number of ether oxygens (including phenoxy) is 1. The van der Waals surface area contributed by atoms with Crippen LogP contribution >= 0.6 is 0 Å². The summed E-state index contributed by atoms with van der Waals surface area (Å²) in [5.74, 6) is 0.853. The van der Waals surface area contributed by atoms with Gasteiger partial charge in [-0.25, -0.2) is 5.43 Å². The molecule has 1 amide bonds. The van der Waals surface area contributed by atoms with Crippen molar-refractivity contribution in [3.05, 3.63) is 59.2 Å². The lowest BCUT2D eigenvalue weighted by molar-refractivity contribution is 0.0955. The smallest absolute Gasteiger partial charge is 0.271 e. The number of hydrazone groups is 1. The van der Waals surface area contributed by atoms with Crippen molar-refractivity contribution >= 4 is 17.8 Å². The molecule has 0 spiro atoms. The summed E-state index contributed by atoms with van der Waals surface area (Å²) in [5.41, 5.74) is 6.78. The molecular weight excluding hydrogens is 338 g/mol. The van der Waals surface area contributed by atoms with Crippen LogP contribution in [0.1, 0.15) is 54.6 Å². The Morgan fingerprint density at radius 2 is 2.07 bits per heavy atom. The van der Waals surface area contributed by atoms with Crippen molar-refractivity contribution in [2.75, 3.05) is 19.1 Å². The van der Waals surface area contributed by atoms with Gasteiger partial charge in [0.05, 0.1) is 13.3 Å². The SMILES string of the molecule is COc1cccc(C(=O)N/N=C\c2ccc3c(c2)[C@H](C)CC(C)(C)N3C)c1. The third-order valence-corrected chi connectivity index (χ3v) is 5.37. The molecule has 0 aliphatic carbocycles. The van der Waals surface area contributed by atoms with E-state index in [1.807, 2.05) is 6.07 Å². The highest BCUT2D eigenvalue weighted by Crippen LogP contribution is 2.42. The molecule has 0 saturated carbocycles. The van der Waals surface area contributed by atoms with E-state index in [2.05, 4.69) is 55.4 Å². The molecule has 142 valence electrons. The van der Waals surface area contributed by atoms with Gasteiger partial charge in [0.2, 0.25) is 0 Å². The molecule has 2 aromatic carbocycles. The summed E-state index contributed by atoms with van der Waals surface area (Å²) in [7, 11) is 3.72. The molecule has 0 saturated heterocycles. The number of hydrogen-bond donors (Lipinski definition) is 1. The number of benzene rings is 2. The molecule has 1 heterocycles. The Kier molecular flexibility index (Phi) is 5.22. The second kappa shape index (κ2) is 7.43. The zero-order valence-corrected chi connectivity index (χ0v) is 16.6. The van der Waals surface area contributed by atoms with Gasteiger partial charge in [0.1, 0.15) is 5.75 Å². The van der Waals surface area contributed by atoms with Crippen LogP contribution in [0.5, 0.6) is 5.75 Å². The predicted molar refractivity (Wildman–Crippen MR) is 110 cm³/mol. The zero-order chi connectivity index (χ0) is 19.6. The van der Waals surface area contributed by atoms with Gasteiger partial charge in [-0.1, -0.05) is 19.1 Å². The first kappa shape index (κ1) is 19.0. The number of nitrogens with zero attached hydrogens (tertiary/aromatic N) is 2. The first-order valence-corrected chi connectivity index (χ1v) is 9.17. The monoisotopic (exact) mass is 365 g/mol. The van der Waals surface area contributed by atoms with Gasteiger partial charge in [-0.15, -0.1) is 0 Å². The normalized spacial score (nSPS) is 18.3. The van der Waals surface area contributed by atoms with Crippen LogP contribution in [0.4, 0.5) is 5.69 Å². The highest BCUT2D eigenvalue weighted by molar-refractivity contribution is 5.95. The summed E-state index contributed by atoms with van der Waals surface area (Å²) in [6.45, 7) is 6.81. The van der Waals surface area contributed by atoms with Crippen LogP contribution in [0.15, 0.2) is 47.6 Å². The summed E-state index contributed by atoms with van der Waals surface area (Å²) in [4.78, 5) is 14.6. The molecule has 5 heteroatoms. The molecule has 3 rings (SSSR count). The van der Waals surface area contributed by atoms with Crippen LogP contribution in [0.25, 0.3) is 0 Å². The van der Waals surface area contributed by atoms with Crippen LogP contribution in [-0.4, -0.2) is 31.8 Å². The van der Waals surface area contributed by atoms with Crippen molar-refractivity contribution in [3.63, 3.8) is 0 Å². The van der Waals surface area contributed by atoms with E-state index >= 15 is 0 Å². The first-order chi connectivity index (χ1) is 12.8. The molecule has 0 radical (unpaired) electrons. The molecule has 0 unspecified atom stereocenters. The molecule has 5 nitrogen and oxygen atoms in total. The summed E-state index contributed by atoms with van der Waals surface area (Å²) in [6, 6.07) is 13.3. The Morgan fingerprint density at radius 3 is 2.81 bits per heavy atom. The third-order valence-electron chi connectivity index (χ3n) is 5.37. The number of nitrogens with one attached hydrogen (secondary N) is 1. The number of anilines is 1. The average molecular weight is 365 g/mol. The van der Waals surface area contributed by atoms with E-state index < -0.39 is 0 Å². The Morgan fingerprint density at radius 1 is 1.30 bits per heavy atom. The highest BCUT2D eigenvalue weighted by atomic mass is 16.5. The summed E-state index contributed by atoms with van der Waals surface area (Å²) < 4.78 is 5.14. The Labute approximate surface area is 161 Å². The number of amides is 1. The Hall–Kier alpha value is -2.82. The molecule has 27 heavy (non-hydrogen) atoms. The fraction of sp³-hybridized carbons (Fsp3) is 0.364. The number of carbonyl (C=O) groups is 1. The molecular formula is C22H27N3O2. The van der Waals surface area contributed by atoms with E-state index in [9.17, 15) is 4.79 Å². The van der Waals surface area contributed by atoms with Gasteiger partial charge < -0.3 is 9.64 Å². The minimum absolute atomic E-state index is 0.146. The van der Waals surface area contributed by atoms with Gasteiger partial charge in [0.25, 0.3) is 5.91 Å². The van der Waals surface area contributed by atoms with Gasteiger partial charge in [-0.3, -0.25) is 4.79 Å². The fourth-order valence-corrected chi connectivity index (χ4v) is 3.67. The van der Waals surface area contributed by atoms with Crippen LogP contribution < -0.4 is 15.1 Å². The van der Waals surface area contributed by atoms with Crippen molar-refractivity contribution in [1.82, 2.24) is 5.43 Å². The predicted octanol–water partition coefficient (Wildman–Crippen LogP) is 4.18. The number of carbonyl (C=O) groups excluding carboxylic acids is 1. The van der Waals surface area contributed by atoms with Crippen molar-refractivity contribution in [2.24, 2.45) is 5.10 Å². The highest BCUT2D eigenvalue weighted by Gasteiger charge is 2.33. The van der Waals surface area contributed by atoms with Crippen LogP contribution in [0.3, 0.4) is 0 Å². The van der Waals surface area contributed by atoms with Crippen molar-refractivity contribution < 1.29 is 9.53 Å². The van der Waals surface area contributed by atoms with Gasteiger partial charge >= 0.3 is 0 Å². The Bertz CT molecular complexity index is 874. The van der Waals surface area contributed by atoms with E-state index in [1.54, 1.807) is 37.6 Å². The summed E-state index contributed by atoms with van der Waals surface area (Å²) in [5, 5.41) is 4.12. The minimum atomic E-state index is -0.266. The van der Waals surface area contributed by atoms with Crippen molar-refractivity contribution in [3.8, 4) is 5.75 Å². The maximum Gasteiger partial charge on any atom is 0.271 e. The quantitative estimate of drug-likeness (QED) is 0.653. The third kappa shape index (κ3) is 3.97. The van der Waals surface area contributed by atoms with Crippen LogP contribution in [0.2, 0.25) is 0 Å². The maximum absolute atomic E-state index is 12.2. The lowest BCUT2D eigenvalue weighted by Crippen LogP contribution is -2.45. The lowest BCUT2D eigenvalue weighted by Gasteiger charge is -2.45. The van der Waals surface area contributed by atoms with Crippen molar-refractivity contribution in [2.45, 2.75) is 38.6 Å². The van der Waals surface area contributed by atoms with E-state index in [1.165, 1.54) is 11.3 Å².